The highest BCUT2D eigenvalue weighted by Crippen LogP contribution is 2.20. The Bertz CT molecular complexity index is 222. The molecule has 0 fully saturated rings. The molecule has 0 radical (unpaired) electrons. The Hall–Kier alpha value is -0.650. The number of nitrogens with one attached hydrogen (secondary N) is 1. The highest BCUT2D eigenvalue weighted by molar-refractivity contribution is 5.76. The highest BCUT2D eigenvalue weighted by atomic mass is 16.5. The molecule has 108 valence electrons. The number of hydrogen-bond donors (Lipinski definition) is 3. The van der Waals surface area contributed by atoms with Crippen molar-refractivity contribution in [3.63, 3.8) is 0 Å². The van der Waals surface area contributed by atoms with Crippen LogP contribution in [-0.2, 0) is 9.53 Å². The van der Waals surface area contributed by atoms with Crippen LogP contribution in [0.15, 0.2) is 0 Å². The summed E-state index contributed by atoms with van der Waals surface area (Å²) < 4.78 is 4.91. The van der Waals surface area contributed by atoms with E-state index in [9.17, 15) is 4.79 Å². The lowest BCUT2D eigenvalue weighted by molar-refractivity contribution is -0.122. The van der Waals surface area contributed by atoms with Gasteiger partial charge in [-0.3, -0.25) is 4.79 Å². The van der Waals surface area contributed by atoms with E-state index in [1.165, 1.54) is 0 Å². The summed E-state index contributed by atoms with van der Waals surface area (Å²) in [5.41, 5.74) is 5.57. The SMILES string of the molecule is COCC(CO)NC(=O)CCC(CCN)C(C)C. The third-order valence-electron chi connectivity index (χ3n) is 3.18. The standard InChI is InChI=1S/C13H28N2O3/c1-10(2)11(6-7-14)4-5-13(17)15-12(8-16)9-18-3/h10-12,16H,4-9,14H2,1-3H3,(H,15,17). The lowest BCUT2D eigenvalue weighted by Gasteiger charge is -2.21. The fourth-order valence-corrected chi connectivity index (χ4v) is 1.98. The number of methoxy groups -OCH3 is 1. The van der Waals surface area contributed by atoms with Crippen molar-refractivity contribution in [1.29, 1.82) is 0 Å². The maximum atomic E-state index is 11.7. The van der Waals surface area contributed by atoms with Gasteiger partial charge in [0.25, 0.3) is 0 Å². The summed E-state index contributed by atoms with van der Waals surface area (Å²) in [5.74, 6) is 0.985. The van der Waals surface area contributed by atoms with Crippen LogP contribution in [0.4, 0.5) is 0 Å². The van der Waals surface area contributed by atoms with Crippen molar-refractivity contribution in [2.45, 2.75) is 39.2 Å². The maximum absolute atomic E-state index is 11.7. The molecule has 0 spiro atoms. The topological polar surface area (TPSA) is 84.6 Å². The summed E-state index contributed by atoms with van der Waals surface area (Å²) in [6.45, 7) is 5.20. The Kier molecular flexibility index (Phi) is 9.92. The Balaban J connectivity index is 3.99. The Morgan fingerprint density at radius 2 is 2.06 bits per heavy atom. The average Bonchev–Trinajstić information content (AvgIpc) is 2.33. The molecule has 2 unspecified atom stereocenters. The zero-order chi connectivity index (χ0) is 14.0. The molecule has 0 aliphatic carbocycles. The van der Waals surface area contributed by atoms with Crippen LogP contribution in [0.5, 0.6) is 0 Å². The number of aliphatic hydroxyl groups is 1. The van der Waals surface area contributed by atoms with E-state index in [0.717, 1.165) is 12.8 Å². The lowest BCUT2D eigenvalue weighted by Crippen LogP contribution is -2.40. The van der Waals surface area contributed by atoms with E-state index in [-0.39, 0.29) is 18.6 Å². The fraction of sp³-hybridized carbons (Fsp3) is 0.923. The molecule has 0 rings (SSSR count). The van der Waals surface area contributed by atoms with Gasteiger partial charge in [0.1, 0.15) is 0 Å². The van der Waals surface area contributed by atoms with Crippen LogP contribution in [0.3, 0.4) is 0 Å². The van der Waals surface area contributed by atoms with E-state index in [1.807, 2.05) is 0 Å². The van der Waals surface area contributed by atoms with E-state index in [0.29, 0.717) is 31.4 Å². The third kappa shape index (κ3) is 7.63. The van der Waals surface area contributed by atoms with Crippen LogP contribution in [0.1, 0.15) is 33.1 Å². The second-order valence-corrected chi connectivity index (χ2v) is 5.02. The first kappa shape index (κ1) is 17.4. The molecule has 2 atom stereocenters. The number of amides is 1. The second kappa shape index (κ2) is 10.3. The largest absolute Gasteiger partial charge is 0.394 e. The normalized spacial score (nSPS) is 14.6. The van der Waals surface area contributed by atoms with E-state index < -0.39 is 0 Å². The minimum atomic E-state index is -0.311. The van der Waals surface area contributed by atoms with Gasteiger partial charge in [0.05, 0.1) is 19.3 Å². The van der Waals surface area contributed by atoms with E-state index >= 15 is 0 Å². The van der Waals surface area contributed by atoms with Crippen molar-refractivity contribution in [2.24, 2.45) is 17.6 Å². The smallest absolute Gasteiger partial charge is 0.220 e. The molecule has 18 heavy (non-hydrogen) atoms. The summed E-state index contributed by atoms with van der Waals surface area (Å²) in [7, 11) is 1.55. The summed E-state index contributed by atoms with van der Waals surface area (Å²) in [5, 5.41) is 11.8. The first-order valence-corrected chi connectivity index (χ1v) is 6.64. The van der Waals surface area contributed by atoms with Crippen LogP contribution >= 0.6 is 0 Å². The van der Waals surface area contributed by atoms with Crippen molar-refractivity contribution in [2.75, 3.05) is 26.9 Å². The number of rotatable bonds is 10. The van der Waals surface area contributed by atoms with Crippen LogP contribution in [0, 0.1) is 11.8 Å². The molecular formula is C13H28N2O3. The van der Waals surface area contributed by atoms with E-state index in [1.54, 1.807) is 7.11 Å². The van der Waals surface area contributed by atoms with Gasteiger partial charge in [-0.1, -0.05) is 13.8 Å². The summed E-state index contributed by atoms with van der Waals surface area (Å²) in [4.78, 5) is 11.7. The molecule has 0 aromatic rings. The minimum Gasteiger partial charge on any atom is -0.394 e. The second-order valence-electron chi connectivity index (χ2n) is 5.02. The molecule has 0 bridgehead atoms. The molecule has 0 heterocycles. The number of aliphatic hydroxyl groups excluding tert-OH is 1. The number of carbonyl (C=O) groups is 1. The molecule has 4 N–H and O–H groups in total. The van der Waals surface area contributed by atoms with Crippen LogP contribution in [0.25, 0.3) is 0 Å². The molecule has 5 nitrogen and oxygen atoms in total. The van der Waals surface area contributed by atoms with Gasteiger partial charge in [0.15, 0.2) is 0 Å². The first-order chi connectivity index (χ1) is 8.54. The van der Waals surface area contributed by atoms with Crippen molar-refractivity contribution < 1.29 is 14.6 Å². The number of carbonyl (C=O) groups excluding carboxylic acids is 1. The summed E-state index contributed by atoms with van der Waals surface area (Å²) in [6.07, 6.45) is 2.27. The van der Waals surface area contributed by atoms with Gasteiger partial charge >= 0.3 is 0 Å². The number of nitrogens with two attached hydrogens (primary N) is 1. The Morgan fingerprint density at radius 3 is 2.50 bits per heavy atom. The van der Waals surface area contributed by atoms with Gasteiger partial charge in [-0.05, 0) is 31.2 Å². The molecule has 0 aliphatic rings. The predicted molar refractivity (Wildman–Crippen MR) is 72.1 cm³/mol. The van der Waals surface area contributed by atoms with Gasteiger partial charge < -0.3 is 20.9 Å². The summed E-state index contributed by atoms with van der Waals surface area (Å²) in [6, 6.07) is -0.311. The van der Waals surface area contributed by atoms with Gasteiger partial charge in [-0.25, -0.2) is 0 Å². The molecule has 0 aromatic carbocycles. The molecule has 5 heteroatoms. The molecule has 0 aromatic heterocycles. The molecule has 1 amide bonds. The quantitative estimate of drug-likeness (QED) is 0.534. The predicted octanol–water partition coefficient (Wildman–Crippen LogP) is 0.511. The Morgan fingerprint density at radius 1 is 1.39 bits per heavy atom. The molecule has 0 aliphatic heterocycles. The van der Waals surface area contributed by atoms with Crippen molar-refractivity contribution in [3.05, 3.63) is 0 Å². The zero-order valence-corrected chi connectivity index (χ0v) is 11.8. The van der Waals surface area contributed by atoms with Gasteiger partial charge in [0, 0.05) is 13.5 Å². The molecule has 0 saturated carbocycles. The molecule has 0 saturated heterocycles. The van der Waals surface area contributed by atoms with E-state index in [4.69, 9.17) is 15.6 Å². The molecular weight excluding hydrogens is 232 g/mol. The van der Waals surface area contributed by atoms with Crippen molar-refractivity contribution in [3.8, 4) is 0 Å². The minimum absolute atomic E-state index is 0.0335. The fourth-order valence-electron chi connectivity index (χ4n) is 1.98. The zero-order valence-electron chi connectivity index (χ0n) is 11.8. The van der Waals surface area contributed by atoms with Crippen LogP contribution in [0.2, 0.25) is 0 Å². The van der Waals surface area contributed by atoms with Crippen molar-refractivity contribution >= 4 is 5.91 Å². The first-order valence-electron chi connectivity index (χ1n) is 6.64. The van der Waals surface area contributed by atoms with Gasteiger partial charge in [-0.2, -0.15) is 0 Å². The summed E-state index contributed by atoms with van der Waals surface area (Å²) >= 11 is 0. The maximum Gasteiger partial charge on any atom is 0.220 e. The van der Waals surface area contributed by atoms with Gasteiger partial charge in [0.2, 0.25) is 5.91 Å². The third-order valence-corrected chi connectivity index (χ3v) is 3.18. The number of ether oxygens (including phenoxy) is 1. The monoisotopic (exact) mass is 260 g/mol. The highest BCUT2D eigenvalue weighted by Gasteiger charge is 2.16. The number of hydrogen-bond acceptors (Lipinski definition) is 4. The van der Waals surface area contributed by atoms with Crippen molar-refractivity contribution in [1.82, 2.24) is 5.32 Å². The van der Waals surface area contributed by atoms with Gasteiger partial charge in [-0.15, -0.1) is 0 Å². The van der Waals surface area contributed by atoms with Crippen LogP contribution in [-0.4, -0.2) is 43.9 Å². The van der Waals surface area contributed by atoms with E-state index in [2.05, 4.69) is 19.2 Å². The van der Waals surface area contributed by atoms with Crippen LogP contribution < -0.4 is 11.1 Å². The Labute approximate surface area is 110 Å². The lowest BCUT2D eigenvalue weighted by atomic mass is 9.88. The average molecular weight is 260 g/mol.